The lowest BCUT2D eigenvalue weighted by Crippen LogP contribution is -2.29. The Labute approximate surface area is 163 Å². The molecule has 0 atom stereocenters. The number of rotatable bonds is 6. The van der Waals surface area contributed by atoms with E-state index in [1.807, 2.05) is 24.3 Å². The highest BCUT2D eigenvalue weighted by Crippen LogP contribution is 2.30. The molecule has 3 aromatic rings. The number of amides is 1. The molecule has 0 saturated heterocycles. The molecule has 0 saturated carbocycles. The summed E-state index contributed by atoms with van der Waals surface area (Å²) in [5.74, 6) is 0.892. The number of aromatic hydroxyl groups is 1. The minimum absolute atomic E-state index is 0.0862. The van der Waals surface area contributed by atoms with Gasteiger partial charge in [-0.1, -0.05) is 24.3 Å². The van der Waals surface area contributed by atoms with Crippen LogP contribution >= 0.6 is 0 Å². The lowest BCUT2D eigenvalue weighted by molar-refractivity contribution is 0.100. The Kier molecular flexibility index (Phi) is 5.91. The number of carbonyl (C=O) groups excluding carboxylic acids is 1. The number of phenolic OH excluding ortho intramolecular Hbond substituents is 1. The molecule has 142 valence electrons. The molecule has 0 radical (unpaired) electrons. The summed E-state index contributed by atoms with van der Waals surface area (Å²) < 4.78 is 10.7. The van der Waals surface area contributed by atoms with Crippen molar-refractivity contribution in [3.05, 3.63) is 78.4 Å². The third-order valence-electron chi connectivity index (χ3n) is 4.08. The minimum Gasteiger partial charge on any atom is -0.508 e. The Morgan fingerprint density at radius 2 is 1.50 bits per heavy atom. The van der Waals surface area contributed by atoms with E-state index in [9.17, 15) is 9.90 Å². The Balaban J connectivity index is 2.05. The molecule has 0 unspecified atom stereocenters. The first kappa shape index (κ1) is 19.0. The Hall–Kier alpha value is -3.80. The van der Waals surface area contributed by atoms with Gasteiger partial charge in [0.15, 0.2) is 0 Å². The van der Waals surface area contributed by atoms with Crippen LogP contribution in [0.15, 0.2) is 77.8 Å². The summed E-state index contributed by atoms with van der Waals surface area (Å²) >= 11 is 0. The van der Waals surface area contributed by atoms with Crippen LogP contribution in [0.3, 0.4) is 0 Å². The zero-order valence-corrected chi connectivity index (χ0v) is 15.6. The maximum absolute atomic E-state index is 13.2. The van der Waals surface area contributed by atoms with Crippen LogP contribution < -0.4 is 14.4 Å². The Bertz CT molecular complexity index is 984. The number of para-hydroxylation sites is 4. The van der Waals surface area contributed by atoms with Crippen LogP contribution in [-0.2, 0) is 0 Å². The molecule has 0 bridgehead atoms. The van der Waals surface area contributed by atoms with Gasteiger partial charge in [-0.2, -0.15) is 0 Å². The van der Waals surface area contributed by atoms with Crippen LogP contribution in [0.2, 0.25) is 0 Å². The Morgan fingerprint density at radius 1 is 0.893 bits per heavy atom. The summed E-state index contributed by atoms with van der Waals surface area (Å²) in [6.07, 6.45) is 1.44. The van der Waals surface area contributed by atoms with Gasteiger partial charge in [-0.05, 0) is 48.5 Å². The summed E-state index contributed by atoms with van der Waals surface area (Å²) in [6, 6.07) is 20.5. The first-order valence-electron chi connectivity index (χ1n) is 8.57. The second-order valence-electron chi connectivity index (χ2n) is 5.81. The SMILES string of the molecule is COc1ccccc1N=CN(C(=O)c1ccc(O)cc1)c1ccccc1OC. The van der Waals surface area contributed by atoms with Gasteiger partial charge in [0.2, 0.25) is 0 Å². The molecule has 3 rings (SSSR count). The van der Waals surface area contributed by atoms with Gasteiger partial charge in [0.05, 0.1) is 19.9 Å². The van der Waals surface area contributed by atoms with Crippen LogP contribution in [-0.4, -0.2) is 31.6 Å². The van der Waals surface area contributed by atoms with Crippen LogP contribution in [0.5, 0.6) is 17.2 Å². The molecule has 28 heavy (non-hydrogen) atoms. The van der Waals surface area contributed by atoms with Gasteiger partial charge in [-0.25, -0.2) is 4.99 Å². The predicted molar refractivity (Wildman–Crippen MR) is 109 cm³/mol. The number of methoxy groups -OCH3 is 2. The highest BCUT2D eigenvalue weighted by molar-refractivity contribution is 6.17. The largest absolute Gasteiger partial charge is 0.508 e. The second kappa shape index (κ2) is 8.73. The normalized spacial score (nSPS) is 10.6. The topological polar surface area (TPSA) is 71.4 Å². The number of ether oxygens (including phenoxy) is 2. The molecule has 0 heterocycles. The van der Waals surface area contributed by atoms with Crippen LogP contribution in [0.4, 0.5) is 11.4 Å². The van der Waals surface area contributed by atoms with E-state index in [2.05, 4.69) is 4.99 Å². The second-order valence-corrected chi connectivity index (χ2v) is 5.81. The van der Waals surface area contributed by atoms with Crippen molar-refractivity contribution in [3.63, 3.8) is 0 Å². The molecule has 0 aromatic heterocycles. The zero-order valence-electron chi connectivity index (χ0n) is 15.6. The van der Waals surface area contributed by atoms with Gasteiger partial charge in [-0.15, -0.1) is 0 Å². The number of anilines is 1. The molecular weight excluding hydrogens is 356 g/mol. The van der Waals surface area contributed by atoms with Crippen molar-refractivity contribution in [3.8, 4) is 17.2 Å². The van der Waals surface area contributed by atoms with Crippen molar-refractivity contribution in [2.24, 2.45) is 4.99 Å². The van der Waals surface area contributed by atoms with Crippen LogP contribution in [0.25, 0.3) is 0 Å². The fourth-order valence-electron chi connectivity index (χ4n) is 2.65. The van der Waals surface area contributed by atoms with Crippen molar-refractivity contribution in [2.45, 2.75) is 0 Å². The molecular formula is C22H20N2O4. The fraction of sp³-hybridized carbons (Fsp3) is 0.0909. The number of carbonyl (C=O) groups is 1. The van der Waals surface area contributed by atoms with Crippen molar-refractivity contribution in [2.75, 3.05) is 19.1 Å². The van der Waals surface area contributed by atoms with E-state index in [0.717, 1.165) is 0 Å². The van der Waals surface area contributed by atoms with Gasteiger partial charge >= 0.3 is 0 Å². The molecule has 6 heteroatoms. The number of aliphatic imine (C=N–C) groups is 1. The van der Waals surface area contributed by atoms with Crippen molar-refractivity contribution >= 4 is 23.6 Å². The number of phenols is 1. The van der Waals surface area contributed by atoms with E-state index < -0.39 is 0 Å². The number of benzene rings is 3. The van der Waals surface area contributed by atoms with E-state index in [1.54, 1.807) is 50.6 Å². The number of hydrogen-bond donors (Lipinski definition) is 1. The molecule has 3 aromatic carbocycles. The van der Waals surface area contributed by atoms with E-state index in [1.165, 1.54) is 23.4 Å². The summed E-state index contributed by atoms with van der Waals surface area (Å²) in [5.41, 5.74) is 1.53. The quantitative estimate of drug-likeness (QED) is 0.511. The van der Waals surface area contributed by atoms with Gasteiger partial charge in [-0.3, -0.25) is 9.69 Å². The first-order valence-corrected chi connectivity index (χ1v) is 8.57. The first-order chi connectivity index (χ1) is 13.6. The maximum Gasteiger partial charge on any atom is 0.263 e. The third-order valence-corrected chi connectivity index (χ3v) is 4.08. The van der Waals surface area contributed by atoms with E-state index in [-0.39, 0.29) is 11.7 Å². The Morgan fingerprint density at radius 3 is 2.18 bits per heavy atom. The van der Waals surface area contributed by atoms with Crippen LogP contribution in [0.1, 0.15) is 10.4 Å². The molecule has 1 N–H and O–H groups in total. The molecule has 0 aliphatic carbocycles. The van der Waals surface area contributed by atoms with Gasteiger partial charge in [0.1, 0.15) is 29.3 Å². The van der Waals surface area contributed by atoms with Crippen molar-refractivity contribution in [1.29, 1.82) is 0 Å². The highest BCUT2D eigenvalue weighted by Gasteiger charge is 2.19. The standard InChI is InChI=1S/C22H20N2O4/c1-27-20-9-5-3-7-18(20)23-15-24(19-8-4-6-10-21(19)28-2)22(26)16-11-13-17(25)14-12-16/h3-15,25H,1-2H3. The minimum atomic E-state index is -0.317. The zero-order chi connectivity index (χ0) is 19.9. The van der Waals surface area contributed by atoms with Crippen LogP contribution in [0, 0.1) is 0 Å². The van der Waals surface area contributed by atoms with Gasteiger partial charge in [0, 0.05) is 5.56 Å². The van der Waals surface area contributed by atoms with Gasteiger partial charge < -0.3 is 14.6 Å². The van der Waals surface area contributed by atoms with Crippen molar-refractivity contribution < 1.29 is 19.4 Å². The number of nitrogens with zero attached hydrogens (tertiary/aromatic N) is 2. The monoisotopic (exact) mass is 376 g/mol. The smallest absolute Gasteiger partial charge is 0.263 e. The molecule has 0 aliphatic rings. The lowest BCUT2D eigenvalue weighted by atomic mass is 10.1. The summed E-state index contributed by atoms with van der Waals surface area (Å²) in [6.45, 7) is 0. The van der Waals surface area contributed by atoms with Crippen molar-refractivity contribution in [1.82, 2.24) is 0 Å². The van der Waals surface area contributed by atoms with E-state index in [4.69, 9.17) is 9.47 Å². The average Bonchev–Trinajstić information content (AvgIpc) is 2.74. The molecule has 1 amide bonds. The molecule has 0 spiro atoms. The third kappa shape index (κ3) is 4.12. The summed E-state index contributed by atoms with van der Waals surface area (Å²) in [5, 5.41) is 9.50. The molecule has 0 aliphatic heterocycles. The highest BCUT2D eigenvalue weighted by atomic mass is 16.5. The van der Waals surface area contributed by atoms with E-state index >= 15 is 0 Å². The fourth-order valence-corrected chi connectivity index (χ4v) is 2.65. The van der Waals surface area contributed by atoms with Gasteiger partial charge in [0.25, 0.3) is 5.91 Å². The maximum atomic E-state index is 13.2. The summed E-state index contributed by atoms with van der Waals surface area (Å²) in [7, 11) is 3.10. The average molecular weight is 376 g/mol. The summed E-state index contributed by atoms with van der Waals surface area (Å²) in [4.78, 5) is 19.0. The molecule has 6 nitrogen and oxygen atoms in total. The van der Waals surface area contributed by atoms with E-state index in [0.29, 0.717) is 28.4 Å². The molecule has 0 fully saturated rings. The number of hydrogen-bond acceptors (Lipinski definition) is 5. The predicted octanol–water partition coefficient (Wildman–Crippen LogP) is 4.42. The lowest BCUT2D eigenvalue weighted by Gasteiger charge is -2.20.